The Hall–Kier alpha value is -3.36. The maximum absolute atomic E-state index is 13.4. The van der Waals surface area contributed by atoms with Crippen LogP contribution < -0.4 is 10.9 Å². The van der Waals surface area contributed by atoms with Gasteiger partial charge in [0.1, 0.15) is 16.5 Å². The fourth-order valence-corrected chi connectivity index (χ4v) is 4.41. The summed E-state index contributed by atoms with van der Waals surface area (Å²) in [5.41, 5.74) is 1.92. The number of carbonyl (C=O) groups excluding carboxylic acids is 1. The molecule has 6 nitrogen and oxygen atoms in total. The number of rotatable bonds is 6. The largest absolute Gasteiger partial charge is 0.346 e. The number of halogens is 2. The zero-order valence-corrected chi connectivity index (χ0v) is 18.6. The molecule has 162 valence electrons. The van der Waals surface area contributed by atoms with Crippen LogP contribution in [0.15, 0.2) is 65.5 Å². The van der Waals surface area contributed by atoms with Gasteiger partial charge in [0.05, 0.1) is 23.8 Å². The van der Waals surface area contributed by atoms with Crippen LogP contribution in [-0.2, 0) is 13.1 Å². The summed E-state index contributed by atoms with van der Waals surface area (Å²) in [7, 11) is 0. The molecular formula is C23H18ClFN4O2S. The van der Waals surface area contributed by atoms with Crippen molar-refractivity contribution in [2.45, 2.75) is 20.0 Å². The molecule has 2 aromatic heterocycles. The summed E-state index contributed by atoms with van der Waals surface area (Å²) < 4.78 is 14.6. The highest BCUT2D eigenvalue weighted by atomic mass is 35.5. The average molecular weight is 469 g/mol. The molecule has 2 aromatic carbocycles. The number of nitrogens with zero attached hydrogens (tertiary/aromatic N) is 3. The molecule has 0 unspecified atom stereocenters. The molecular weight excluding hydrogens is 451 g/mol. The predicted octanol–water partition coefficient (Wildman–Crippen LogP) is 4.45. The first-order valence-electron chi connectivity index (χ1n) is 9.73. The van der Waals surface area contributed by atoms with Gasteiger partial charge in [-0.1, -0.05) is 41.9 Å². The topological polar surface area (TPSA) is 76.9 Å². The Labute approximate surface area is 192 Å². The van der Waals surface area contributed by atoms with Gasteiger partial charge in [0.15, 0.2) is 0 Å². The van der Waals surface area contributed by atoms with Crippen molar-refractivity contribution in [1.82, 2.24) is 20.1 Å². The summed E-state index contributed by atoms with van der Waals surface area (Å²) in [6, 6.07) is 16.0. The first-order valence-corrected chi connectivity index (χ1v) is 10.9. The number of hydrogen-bond donors (Lipinski definition) is 1. The summed E-state index contributed by atoms with van der Waals surface area (Å²) in [4.78, 5) is 30.2. The molecule has 0 aliphatic carbocycles. The Morgan fingerprint density at radius 2 is 1.97 bits per heavy atom. The number of aryl methyl sites for hydroxylation is 1. The third-order valence-electron chi connectivity index (χ3n) is 4.73. The fraction of sp³-hybridized carbons (Fsp3) is 0.130. The maximum Gasteiger partial charge on any atom is 0.272 e. The van der Waals surface area contributed by atoms with Crippen molar-refractivity contribution in [3.05, 3.63) is 104 Å². The SMILES string of the molecule is Cc1nc(-c2ccccc2Cl)sc1CNC(=O)c1ccc(=O)n(Cc2cccc(F)c2)n1. The van der Waals surface area contributed by atoms with Crippen molar-refractivity contribution in [3.63, 3.8) is 0 Å². The molecule has 32 heavy (non-hydrogen) atoms. The Morgan fingerprint density at radius 3 is 2.75 bits per heavy atom. The zero-order chi connectivity index (χ0) is 22.7. The minimum Gasteiger partial charge on any atom is -0.346 e. The first-order chi connectivity index (χ1) is 15.4. The molecule has 9 heteroatoms. The zero-order valence-electron chi connectivity index (χ0n) is 17.0. The van der Waals surface area contributed by atoms with Gasteiger partial charge >= 0.3 is 0 Å². The molecule has 2 heterocycles. The molecule has 0 atom stereocenters. The molecule has 0 radical (unpaired) electrons. The number of nitrogens with one attached hydrogen (secondary N) is 1. The number of carbonyl (C=O) groups is 1. The summed E-state index contributed by atoms with van der Waals surface area (Å²) in [5, 5.41) is 8.34. The number of thiazole rings is 1. The second-order valence-corrected chi connectivity index (χ2v) is 8.53. The minimum atomic E-state index is -0.426. The molecule has 4 aromatic rings. The second-order valence-electron chi connectivity index (χ2n) is 7.03. The van der Waals surface area contributed by atoms with E-state index < -0.39 is 11.7 Å². The van der Waals surface area contributed by atoms with E-state index in [9.17, 15) is 14.0 Å². The average Bonchev–Trinajstić information content (AvgIpc) is 3.14. The summed E-state index contributed by atoms with van der Waals surface area (Å²) >= 11 is 7.71. The van der Waals surface area contributed by atoms with Crippen LogP contribution in [0.1, 0.15) is 26.6 Å². The van der Waals surface area contributed by atoms with Crippen molar-refractivity contribution >= 4 is 28.8 Å². The maximum atomic E-state index is 13.4. The van der Waals surface area contributed by atoms with E-state index >= 15 is 0 Å². The molecule has 0 saturated carbocycles. The summed E-state index contributed by atoms with van der Waals surface area (Å²) in [6.07, 6.45) is 0. The van der Waals surface area contributed by atoms with Gasteiger partial charge in [0.25, 0.3) is 11.5 Å². The highest BCUT2D eigenvalue weighted by Crippen LogP contribution is 2.32. The van der Waals surface area contributed by atoms with E-state index in [-0.39, 0.29) is 24.3 Å². The number of benzene rings is 2. The van der Waals surface area contributed by atoms with Crippen LogP contribution in [0, 0.1) is 12.7 Å². The molecule has 0 saturated heterocycles. The van der Waals surface area contributed by atoms with Gasteiger partial charge in [-0.05, 0) is 36.8 Å². The number of hydrogen-bond acceptors (Lipinski definition) is 5. The van der Waals surface area contributed by atoms with Gasteiger partial charge in [-0.25, -0.2) is 14.1 Å². The lowest BCUT2D eigenvalue weighted by Gasteiger charge is -2.08. The lowest BCUT2D eigenvalue weighted by molar-refractivity contribution is 0.0943. The van der Waals surface area contributed by atoms with Crippen LogP contribution >= 0.6 is 22.9 Å². The number of amides is 1. The summed E-state index contributed by atoms with van der Waals surface area (Å²) in [5.74, 6) is -0.828. The molecule has 1 N–H and O–H groups in total. The molecule has 0 fully saturated rings. The van der Waals surface area contributed by atoms with Gasteiger partial charge in [-0.3, -0.25) is 9.59 Å². The van der Waals surface area contributed by atoms with Crippen molar-refractivity contribution < 1.29 is 9.18 Å². The minimum absolute atomic E-state index is 0.0624. The van der Waals surface area contributed by atoms with E-state index in [2.05, 4.69) is 15.4 Å². The Bertz CT molecular complexity index is 1350. The van der Waals surface area contributed by atoms with Crippen LogP contribution in [-0.4, -0.2) is 20.7 Å². The highest BCUT2D eigenvalue weighted by molar-refractivity contribution is 7.15. The van der Waals surface area contributed by atoms with Crippen molar-refractivity contribution in [2.24, 2.45) is 0 Å². The molecule has 4 rings (SSSR count). The smallest absolute Gasteiger partial charge is 0.272 e. The van der Waals surface area contributed by atoms with Crippen molar-refractivity contribution in [1.29, 1.82) is 0 Å². The third kappa shape index (κ3) is 4.92. The lowest BCUT2D eigenvalue weighted by Crippen LogP contribution is -2.29. The normalized spacial score (nSPS) is 10.8. The Kier molecular flexibility index (Phi) is 6.43. The predicted molar refractivity (Wildman–Crippen MR) is 122 cm³/mol. The lowest BCUT2D eigenvalue weighted by atomic mass is 10.2. The number of aromatic nitrogens is 3. The van der Waals surface area contributed by atoms with E-state index in [4.69, 9.17) is 11.6 Å². The van der Waals surface area contributed by atoms with Crippen LogP contribution in [0.25, 0.3) is 10.6 Å². The highest BCUT2D eigenvalue weighted by Gasteiger charge is 2.15. The van der Waals surface area contributed by atoms with Gasteiger partial charge in [-0.2, -0.15) is 5.10 Å². The monoisotopic (exact) mass is 468 g/mol. The van der Waals surface area contributed by atoms with Gasteiger partial charge in [0, 0.05) is 16.5 Å². The Morgan fingerprint density at radius 1 is 1.16 bits per heavy atom. The molecule has 0 aliphatic rings. The quantitative estimate of drug-likeness (QED) is 0.453. The van der Waals surface area contributed by atoms with Crippen LogP contribution in [0.5, 0.6) is 0 Å². The van der Waals surface area contributed by atoms with E-state index in [0.29, 0.717) is 10.6 Å². The molecule has 0 bridgehead atoms. The van der Waals surface area contributed by atoms with Gasteiger partial charge in [0.2, 0.25) is 0 Å². The van der Waals surface area contributed by atoms with Gasteiger partial charge in [-0.15, -0.1) is 11.3 Å². The second kappa shape index (κ2) is 9.42. The fourth-order valence-electron chi connectivity index (χ4n) is 3.08. The molecule has 1 amide bonds. The summed E-state index contributed by atoms with van der Waals surface area (Å²) in [6.45, 7) is 2.19. The Balaban J connectivity index is 1.48. The van der Waals surface area contributed by atoms with Crippen molar-refractivity contribution in [2.75, 3.05) is 0 Å². The first kappa shape index (κ1) is 21.9. The van der Waals surface area contributed by atoms with Crippen LogP contribution in [0.3, 0.4) is 0 Å². The van der Waals surface area contributed by atoms with Crippen LogP contribution in [0.4, 0.5) is 4.39 Å². The van der Waals surface area contributed by atoms with Crippen molar-refractivity contribution in [3.8, 4) is 10.6 Å². The van der Waals surface area contributed by atoms with E-state index in [1.807, 2.05) is 25.1 Å². The van der Waals surface area contributed by atoms with E-state index in [1.54, 1.807) is 18.2 Å². The van der Waals surface area contributed by atoms with Gasteiger partial charge < -0.3 is 5.32 Å². The van der Waals surface area contributed by atoms with E-state index in [1.165, 1.54) is 35.6 Å². The van der Waals surface area contributed by atoms with Crippen LogP contribution in [0.2, 0.25) is 5.02 Å². The third-order valence-corrected chi connectivity index (χ3v) is 6.25. The molecule has 0 spiro atoms. The molecule has 0 aliphatic heterocycles. The van der Waals surface area contributed by atoms with E-state index in [0.717, 1.165) is 25.8 Å². The standard InChI is InChI=1S/C23H18ClFN4O2S/c1-14-20(32-23(27-14)17-7-2-3-8-18(17)24)12-26-22(31)19-9-10-21(30)29(28-19)13-15-5-4-6-16(25)11-15/h2-11H,12-13H2,1H3,(H,26,31).